The van der Waals surface area contributed by atoms with Gasteiger partial charge < -0.3 is 9.90 Å². The lowest BCUT2D eigenvalue weighted by Crippen LogP contribution is -1.89. The van der Waals surface area contributed by atoms with Gasteiger partial charge in [0, 0.05) is 12.5 Å². The van der Waals surface area contributed by atoms with Crippen molar-refractivity contribution < 1.29 is 14.7 Å². The summed E-state index contributed by atoms with van der Waals surface area (Å²) < 4.78 is 0. The van der Waals surface area contributed by atoms with Gasteiger partial charge in [0.2, 0.25) is 0 Å². The zero-order valence-corrected chi connectivity index (χ0v) is 9.37. The minimum Gasteiger partial charge on any atom is -0.478 e. The SMILES string of the molecule is CC(=O)CCCCCCCC=CC(=O)O. The van der Waals surface area contributed by atoms with Gasteiger partial charge in [-0.25, -0.2) is 4.79 Å². The number of hydrogen-bond donors (Lipinski definition) is 1. The number of carbonyl (C=O) groups excluding carboxylic acids is 1. The van der Waals surface area contributed by atoms with Gasteiger partial charge in [0.1, 0.15) is 5.78 Å². The summed E-state index contributed by atoms with van der Waals surface area (Å²) in [6, 6.07) is 0. The standard InChI is InChI=1S/C12H20O3/c1-11(13)9-7-5-3-2-4-6-8-10-12(14)15/h8,10H,2-7,9H2,1H3,(H,14,15). The molecule has 0 aromatic heterocycles. The van der Waals surface area contributed by atoms with Crippen LogP contribution in [0.15, 0.2) is 12.2 Å². The lowest BCUT2D eigenvalue weighted by atomic mass is 10.1. The number of aliphatic carboxylic acids is 1. The highest BCUT2D eigenvalue weighted by Crippen LogP contribution is 2.07. The Kier molecular flexibility index (Phi) is 8.73. The molecule has 0 amide bonds. The lowest BCUT2D eigenvalue weighted by Gasteiger charge is -1.98. The zero-order valence-electron chi connectivity index (χ0n) is 9.37. The predicted molar refractivity (Wildman–Crippen MR) is 59.8 cm³/mol. The minimum absolute atomic E-state index is 0.263. The largest absolute Gasteiger partial charge is 0.478 e. The maximum atomic E-state index is 10.6. The third kappa shape index (κ3) is 12.9. The highest BCUT2D eigenvalue weighted by atomic mass is 16.4. The number of Topliss-reactive ketones (excluding diaryl/α,β-unsaturated/α-hetero) is 1. The van der Waals surface area contributed by atoms with Gasteiger partial charge in [0.05, 0.1) is 0 Å². The van der Waals surface area contributed by atoms with E-state index in [2.05, 4.69) is 0 Å². The Labute approximate surface area is 91.2 Å². The molecule has 0 fully saturated rings. The summed E-state index contributed by atoms with van der Waals surface area (Å²) in [5.41, 5.74) is 0. The van der Waals surface area contributed by atoms with E-state index in [9.17, 15) is 9.59 Å². The first-order valence-corrected chi connectivity index (χ1v) is 5.52. The van der Waals surface area contributed by atoms with Crippen LogP contribution in [-0.4, -0.2) is 16.9 Å². The second-order valence-corrected chi connectivity index (χ2v) is 3.75. The first kappa shape index (κ1) is 13.9. The summed E-state index contributed by atoms with van der Waals surface area (Å²) in [5.74, 6) is -0.615. The van der Waals surface area contributed by atoms with Crippen molar-refractivity contribution in [3.05, 3.63) is 12.2 Å². The topological polar surface area (TPSA) is 54.4 Å². The molecule has 0 atom stereocenters. The van der Waals surface area contributed by atoms with E-state index in [1.165, 1.54) is 6.08 Å². The molecule has 86 valence electrons. The summed E-state index contributed by atoms with van der Waals surface area (Å²) in [6.07, 6.45) is 9.77. The number of rotatable bonds is 9. The number of ketones is 1. The molecule has 0 saturated heterocycles. The van der Waals surface area contributed by atoms with Crippen LogP contribution in [0.2, 0.25) is 0 Å². The molecule has 0 aliphatic carbocycles. The molecular weight excluding hydrogens is 192 g/mol. The summed E-state index contributed by atoms with van der Waals surface area (Å²) in [6.45, 7) is 1.62. The average molecular weight is 212 g/mol. The summed E-state index contributed by atoms with van der Waals surface area (Å²) in [4.78, 5) is 20.7. The Morgan fingerprint density at radius 1 is 1.07 bits per heavy atom. The van der Waals surface area contributed by atoms with Crippen LogP contribution in [-0.2, 0) is 9.59 Å². The predicted octanol–water partition coefficient (Wildman–Crippen LogP) is 2.95. The summed E-state index contributed by atoms with van der Waals surface area (Å²) >= 11 is 0. The molecule has 0 saturated carbocycles. The molecule has 0 radical (unpaired) electrons. The Balaban J connectivity index is 3.11. The third-order valence-corrected chi connectivity index (χ3v) is 2.16. The molecule has 0 bridgehead atoms. The van der Waals surface area contributed by atoms with Gasteiger partial charge in [-0.2, -0.15) is 0 Å². The van der Waals surface area contributed by atoms with Gasteiger partial charge in [0.15, 0.2) is 0 Å². The highest BCUT2D eigenvalue weighted by molar-refractivity contribution is 5.79. The van der Waals surface area contributed by atoms with Crippen LogP contribution >= 0.6 is 0 Å². The number of carboxylic acid groups (broad SMARTS) is 1. The lowest BCUT2D eigenvalue weighted by molar-refractivity contribution is -0.131. The van der Waals surface area contributed by atoms with Gasteiger partial charge in [-0.3, -0.25) is 0 Å². The van der Waals surface area contributed by atoms with Crippen molar-refractivity contribution in [1.82, 2.24) is 0 Å². The molecule has 3 nitrogen and oxygen atoms in total. The molecule has 1 N–H and O–H groups in total. The first-order chi connectivity index (χ1) is 7.13. The molecular formula is C12H20O3. The van der Waals surface area contributed by atoms with E-state index in [0.29, 0.717) is 6.42 Å². The van der Waals surface area contributed by atoms with Crippen molar-refractivity contribution in [3.8, 4) is 0 Å². The van der Waals surface area contributed by atoms with Crippen LogP contribution < -0.4 is 0 Å². The highest BCUT2D eigenvalue weighted by Gasteiger charge is 1.93. The van der Waals surface area contributed by atoms with Gasteiger partial charge in [0.25, 0.3) is 0 Å². The van der Waals surface area contributed by atoms with E-state index in [1.807, 2.05) is 0 Å². The van der Waals surface area contributed by atoms with Crippen LogP contribution in [0, 0.1) is 0 Å². The number of carbonyl (C=O) groups is 2. The molecule has 0 unspecified atom stereocenters. The molecule has 0 spiro atoms. The Morgan fingerprint density at radius 2 is 1.67 bits per heavy atom. The fourth-order valence-electron chi connectivity index (χ4n) is 1.35. The molecule has 0 heterocycles. The Hall–Kier alpha value is -1.12. The molecule has 3 heteroatoms. The van der Waals surface area contributed by atoms with Crippen molar-refractivity contribution in [2.75, 3.05) is 0 Å². The normalized spacial score (nSPS) is 10.7. The molecule has 0 aliphatic heterocycles. The monoisotopic (exact) mass is 212 g/mol. The van der Waals surface area contributed by atoms with Crippen molar-refractivity contribution in [3.63, 3.8) is 0 Å². The van der Waals surface area contributed by atoms with Gasteiger partial charge in [-0.05, 0) is 26.2 Å². The van der Waals surface area contributed by atoms with Crippen LogP contribution in [0.4, 0.5) is 0 Å². The number of allylic oxidation sites excluding steroid dienone is 1. The average Bonchev–Trinajstić information content (AvgIpc) is 2.14. The molecule has 15 heavy (non-hydrogen) atoms. The van der Waals surface area contributed by atoms with E-state index in [0.717, 1.165) is 38.5 Å². The maximum Gasteiger partial charge on any atom is 0.327 e. The fraction of sp³-hybridized carbons (Fsp3) is 0.667. The van der Waals surface area contributed by atoms with Crippen LogP contribution in [0.5, 0.6) is 0 Å². The smallest absolute Gasteiger partial charge is 0.327 e. The number of carboxylic acids is 1. The molecule has 0 aliphatic rings. The second kappa shape index (κ2) is 9.44. The van der Waals surface area contributed by atoms with Crippen LogP contribution in [0.1, 0.15) is 51.9 Å². The number of unbranched alkanes of at least 4 members (excludes halogenated alkanes) is 5. The fourth-order valence-corrected chi connectivity index (χ4v) is 1.35. The van der Waals surface area contributed by atoms with E-state index in [-0.39, 0.29) is 5.78 Å². The zero-order chi connectivity index (χ0) is 11.5. The van der Waals surface area contributed by atoms with Gasteiger partial charge in [-0.15, -0.1) is 0 Å². The molecule has 0 rings (SSSR count). The van der Waals surface area contributed by atoms with Crippen molar-refractivity contribution in [1.29, 1.82) is 0 Å². The van der Waals surface area contributed by atoms with E-state index >= 15 is 0 Å². The van der Waals surface area contributed by atoms with Crippen molar-refractivity contribution in [2.45, 2.75) is 51.9 Å². The third-order valence-electron chi connectivity index (χ3n) is 2.16. The molecule has 0 aromatic rings. The Morgan fingerprint density at radius 3 is 2.27 bits per heavy atom. The quantitative estimate of drug-likeness (QED) is 0.472. The first-order valence-electron chi connectivity index (χ1n) is 5.52. The Bertz CT molecular complexity index is 219. The van der Waals surface area contributed by atoms with Gasteiger partial charge in [-0.1, -0.05) is 25.3 Å². The van der Waals surface area contributed by atoms with Crippen LogP contribution in [0.3, 0.4) is 0 Å². The van der Waals surface area contributed by atoms with Crippen LogP contribution in [0.25, 0.3) is 0 Å². The summed E-state index contributed by atoms with van der Waals surface area (Å²) in [7, 11) is 0. The van der Waals surface area contributed by atoms with E-state index in [1.54, 1.807) is 13.0 Å². The minimum atomic E-state index is -0.878. The second-order valence-electron chi connectivity index (χ2n) is 3.75. The maximum absolute atomic E-state index is 10.6. The molecule has 0 aromatic carbocycles. The van der Waals surface area contributed by atoms with Crippen molar-refractivity contribution in [2.24, 2.45) is 0 Å². The van der Waals surface area contributed by atoms with Gasteiger partial charge >= 0.3 is 5.97 Å². The van der Waals surface area contributed by atoms with E-state index in [4.69, 9.17) is 5.11 Å². The van der Waals surface area contributed by atoms with E-state index < -0.39 is 5.97 Å². The van der Waals surface area contributed by atoms with Crippen molar-refractivity contribution >= 4 is 11.8 Å². The number of hydrogen-bond acceptors (Lipinski definition) is 2. The summed E-state index contributed by atoms with van der Waals surface area (Å²) in [5, 5.41) is 8.32.